The Morgan fingerprint density at radius 1 is 1.07 bits per heavy atom. The first-order valence-electron chi connectivity index (χ1n) is 8.91. The quantitative estimate of drug-likeness (QED) is 0.645. The lowest BCUT2D eigenvalue weighted by molar-refractivity contribution is -0.200. The molecule has 29 heavy (non-hydrogen) atoms. The lowest BCUT2D eigenvalue weighted by Crippen LogP contribution is -2.43. The topological polar surface area (TPSA) is 30.5 Å². The molecule has 2 aromatic carbocycles. The average molecular weight is 419 g/mol. The van der Waals surface area contributed by atoms with Gasteiger partial charge in [-0.2, -0.15) is 13.2 Å². The highest BCUT2D eigenvalue weighted by Gasteiger charge is 2.34. The third-order valence-corrected chi connectivity index (χ3v) is 4.61. The van der Waals surface area contributed by atoms with E-state index >= 15 is 0 Å². The summed E-state index contributed by atoms with van der Waals surface area (Å²) >= 11 is 0. The number of hydrogen-bond donors (Lipinski definition) is 1. The van der Waals surface area contributed by atoms with Crippen LogP contribution in [0.3, 0.4) is 0 Å². The SMILES string of the molecule is C[C@@H](O[C@H]1OCCN[C@@H]1c1ccc(F)cc1)c1cc(C(F)F)cc(C(F)(F)F)c1. The monoisotopic (exact) mass is 419 g/mol. The maximum atomic E-state index is 13.2. The summed E-state index contributed by atoms with van der Waals surface area (Å²) in [4.78, 5) is 0. The Labute approximate surface area is 163 Å². The molecule has 1 aliphatic rings. The van der Waals surface area contributed by atoms with E-state index in [0.717, 1.165) is 12.1 Å². The van der Waals surface area contributed by atoms with E-state index in [1.165, 1.54) is 19.1 Å². The van der Waals surface area contributed by atoms with Gasteiger partial charge in [0.2, 0.25) is 0 Å². The standard InChI is InChI=1S/C20H19F6NO2/c1-11(13-8-14(18(22)23)10-15(9-13)20(24,25)26)29-19-17(27-6-7-28-19)12-2-4-16(21)5-3-12/h2-5,8-11,17-19,27H,6-7H2,1H3/t11-,17-,19-/m1/s1. The second kappa shape index (κ2) is 8.73. The molecule has 0 aromatic heterocycles. The summed E-state index contributed by atoms with van der Waals surface area (Å²) in [5.41, 5.74) is -1.27. The molecule has 1 heterocycles. The average Bonchev–Trinajstić information content (AvgIpc) is 2.68. The van der Waals surface area contributed by atoms with Gasteiger partial charge in [0.1, 0.15) is 5.82 Å². The lowest BCUT2D eigenvalue weighted by atomic mass is 10.0. The number of ether oxygens (including phenoxy) is 2. The molecule has 1 saturated heterocycles. The summed E-state index contributed by atoms with van der Waals surface area (Å²) in [7, 11) is 0. The molecule has 3 nitrogen and oxygen atoms in total. The third-order valence-electron chi connectivity index (χ3n) is 4.61. The van der Waals surface area contributed by atoms with Crippen molar-refractivity contribution in [3.63, 3.8) is 0 Å². The number of alkyl halides is 5. The third kappa shape index (κ3) is 5.29. The van der Waals surface area contributed by atoms with Crippen LogP contribution in [-0.4, -0.2) is 19.4 Å². The Hall–Kier alpha value is -2.10. The minimum Gasteiger partial charge on any atom is -0.349 e. The molecule has 1 aliphatic heterocycles. The maximum Gasteiger partial charge on any atom is 0.416 e. The number of nitrogens with one attached hydrogen (secondary N) is 1. The fourth-order valence-corrected chi connectivity index (χ4v) is 3.13. The number of morpholine rings is 1. The van der Waals surface area contributed by atoms with Crippen LogP contribution in [0, 0.1) is 5.82 Å². The van der Waals surface area contributed by atoms with Gasteiger partial charge in [-0.05, 0) is 48.4 Å². The van der Waals surface area contributed by atoms with Gasteiger partial charge in [0.25, 0.3) is 6.43 Å². The number of rotatable bonds is 5. The predicted octanol–water partition coefficient (Wildman–Crippen LogP) is 5.55. The minimum absolute atomic E-state index is 0.0397. The highest BCUT2D eigenvalue weighted by Crippen LogP contribution is 2.36. The molecular formula is C20H19F6NO2. The van der Waals surface area contributed by atoms with Gasteiger partial charge in [0.05, 0.1) is 24.3 Å². The van der Waals surface area contributed by atoms with Gasteiger partial charge in [0.15, 0.2) is 6.29 Å². The number of hydrogen-bond acceptors (Lipinski definition) is 3. The van der Waals surface area contributed by atoms with Gasteiger partial charge in [-0.3, -0.25) is 0 Å². The van der Waals surface area contributed by atoms with Gasteiger partial charge in [-0.25, -0.2) is 13.2 Å². The van der Waals surface area contributed by atoms with Crippen molar-refractivity contribution in [3.8, 4) is 0 Å². The van der Waals surface area contributed by atoms with E-state index in [2.05, 4.69) is 5.32 Å². The van der Waals surface area contributed by atoms with Crippen LogP contribution in [0.25, 0.3) is 0 Å². The van der Waals surface area contributed by atoms with Crippen LogP contribution >= 0.6 is 0 Å². The lowest BCUT2D eigenvalue weighted by Gasteiger charge is -2.34. The van der Waals surface area contributed by atoms with E-state index < -0.39 is 48.0 Å². The molecule has 1 fully saturated rings. The maximum absolute atomic E-state index is 13.2. The molecule has 0 saturated carbocycles. The Bertz CT molecular complexity index is 825. The van der Waals surface area contributed by atoms with E-state index in [1.54, 1.807) is 12.1 Å². The van der Waals surface area contributed by atoms with Crippen molar-refractivity contribution in [1.82, 2.24) is 5.32 Å². The van der Waals surface area contributed by atoms with Crippen LogP contribution in [0.4, 0.5) is 26.3 Å². The van der Waals surface area contributed by atoms with Crippen LogP contribution in [0.2, 0.25) is 0 Å². The van der Waals surface area contributed by atoms with Crippen LogP contribution in [0.15, 0.2) is 42.5 Å². The molecule has 9 heteroatoms. The molecule has 0 spiro atoms. The van der Waals surface area contributed by atoms with Crippen molar-refractivity contribution < 1.29 is 35.8 Å². The van der Waals surface area contributed by atoms with E-state index in [-0.39, 0.29) is 5.56 Å². The molecule has 3 atom stereocenters. The van der Waals surface area contributed by atoms with Gasteiger partial charge >= 0.3 is 6.18 Å². The minimum atomic E-state index is -4.76. The first kappa shape index (κ1) is 21.6. The molecule has 0 aliphatic carbocycles. The largest absolute Gasteiger partial charge is 0.416 e. The van der Waals surface area contributed by atoms with Crippen molar-refractivity contribution in [2.24, 2.45) is 0 Å². The number of halogens is 6. The Morgan fingerprint density at radius 3 is 2.34 bits per heavy atom. The van der Waals surface area contributed by atoms with Gasteiger partial charge in [0, 0.05) is 12.1 Å². The molecular weight excluding hydrogens is 400 g/mol. The predicted molar refractivity (Wildman–Crippen MR) is 92.8 cm³/mol. The van der Waals surface area contributed by atoms with E-state index in [1.807, 2.05) is 0 Å². The molecule has 1 N–H and O–H groups in total. The van der Waals surface area contributed by atoms with Crippen LogP contribution in [0.1, 0.15) is 47.7 Å². The smallest absolute Gasteiger partial charge is 0.349 e. The highest BCUT2D eigenvalue weighted by atomic mass is 19.4. The van der Waals surface area contributed by atoms with Gasteiger partial charge in [-0.15, -0.1) is 0 Å². The summed E-state index contributed by atoms with van der Waals surface area (Å²) < 4.78 is 90.0. The first-order chi connectivity index (χ1) is 13.6. The zero-order valence-electron chi connectivity index (χ0n) is 15.3. The van der Waals surface area contributed by atoms with Crippen LogP contribution in [0.5, 0.6) is 0 Å². The molecule has 0 radical (unpaired) electrons. The Balaban J connectivity index is 1.85. The summed E-state index contributed by atoms with van der Waals surface area (Å²) in [5.74, 6) is -0.417. The molecule has 3 rings (SSSR count). The Kier molecular flexibility index (Phi) is 6.50. The summed E-state index contributed by atoms with van der Waals surface area (Å²) in [5, 5.41) is 3.15. The van der Waals surface area contributed by atoms with Crippen molar-refractivity contribution >= 4 is 0 Å². The Morgan fingerprint density at radius 2 is 1.72 bits per heavy atom. The second-order valence-electron chi connectivity index (χ2n) is 6.69. The molecule has 0 unspecified atom stereocenters. The fourth-order valence-electron chi connectivity index (χ4n) is 3.13. The summed E-state index contributed by atoms with van der Waals surface area (Å²) in [6.45, 7) is 2.25. The summed E-state index contributed by atoms with van der Waals surface area (Å²) in [6.07, 6.45) is -9.67. The molecule has 0 bridgehead atoms. The zero-order valence-corrected chi connectivity index (χ0v) is 15.3. The fraction of sp³-hybridized carbons (Fsp3) is 0.400. The number of benzene rings is 2. The van der Waals surface area contributed by atoms with Crippen molar-refractivity contribution in [2.75, 3.05) is 13.2 Å². The van der Waals surface area contributed by atoms with Crippen molar-refractivity contribution in [2.45, 2.75) is 38.0 Å². The zero-order chi connectivity index (χ0) is 21.2. The van der Waals surface area contributed by atoms with Crippen LogP contribution < -0.4 is 5.32 Å². The first-order valence-corrected chi connectivity index (χ1v) is 8.91. The highest BCUT2D eigenvalue weighted by molar-refractivity contribution is 5.34. The van der Waals surface area contributed by atoms with Gasteiger partial charge < -0.3 is 14.8 Å². The van der Waals surface area contributed by atoms with Crippen molar-refractivity contribution in [1.29, 1.82) is 0 Å². The molecule has 158 valence electrons. The van der Waals surface area contributed by atoms with Crippen LogP contribution in [-0.2, 0) is 15.7 Å². The molecule has 2 aromatic rings. The van der Waals surface area contributed by atoms with Crippen molar-refractivity contribution in [3.05, 3.63) is 70.5 Å². The molecule has 0 amide bonds. The van der Waals surface area contributed by atoms with E-state index in [9.17, 15) is 26.3 Å². The normalized spacial score (nSPS) is 21.4. The second-order valence-corrected chi connectivity index (χ2v) is 6.69. The summed E-state index contributed by atoms with van der Waals surface area (Å²) in [6, 6.07) is 7.35. The van der Waals surface area contributed by atoms with E-state index in [4.69, 9.17) is 9.47 Å². The van der Waals surface area contributed by atoms with Gasteiger partial charge in [-0.1, -0.05) is 12.1 Å². The van der Waals surface area contributed by atoms with E-state index in [0.29, 0.717) is 24.8 Å².